The fourth-order valence-corrected chi connectivity index (χ4v) is 1.97. The summed E-state index contributed by atoms with van der Waals surface area (Å²) in [5, 5.41) is -0.0746. The van der Waals surface area contributed by atoms with Crippen LogP contribution in [0.3, 0.4) is 0 Å². The van der Waals surface area contributed by atoms with Gasteiger partial charge in [0.25, 0.3) is 5.24 Å². The Hall–Kier alpha value is -0.510. The number of amides is 2. The van der Waals surface area contributed by atoms with Crippen LogP contribution in [0.4, 0.5) is 4.79 Å². The van der Waals surface area contributed by atoms with Gasteiger partial charge in [-0.3, -0.25) is 14.5 Å². The first kappa shape index (κ1) is 10.6. The van der Waals surface area contributed by atoms with E-state index in [9.17, 15) is 9.59 Å². The van der Waals surface area contributed by atoms with E-state index in [1.165, 1.54) is 16.7 Å². The lowest BCUT2D eigenvalue weighted by atomic mass is 10.2. The number of carbonyl (C=O) groups excluding carboxylic acids is 2. The van der Waals surface area contributed by atoms with Gasteiger partial charge in [-0.1, -0.05) is 25.1 Å². The molecule has 0 N–H and O–H groups in total. The summed E-state index contributed by atoms with van der Waals surface area (Å²) in [7, 11) is 0. The van der Waals surface area contributed by atoms with Gasteiger partial charge in [-0.05, 0) is 18.6 Å². The third kappa shape index (κ3) is 3.03. The summed E-state index contributed by atoms with van der Waals surface area (Å²) in [6, 6.07) is 0. The van der Waals surface area contributed by atoms with Gasteiger partial charge in [-0.25, -0.2) is 0 Å². The molecule has 0 radical (unpaired) electrons. The second-order valence-electron chi connectivity index (χ2n) is 3.05. The number of carbonyl (C=O) groups is 2. The molecule has 1 saturated heterocycles. The Bertz CT molecular complexity index is 206. The van der Waals surface area contributed by atoms with Crippen LogP contribution in [0, 0.1) is 0 Å². The van der Waals surface area contributed by atoms with Crippen molar-refractivity contribution in [2.24, 2.45) is 0 Å². The average molecular weight is 201 g/mol. The van der Waals surface area contributed by atoms with E-state index in [0.717, 1.165) is 25.0 Å². The zero-order chi connectivity index (χ0) is 9.68. The molecule has 4 heteroatoms. The van der Waals surface area contributed by atoms with Crippen LogP contribution >= 0.6 is 11.8 Å². The molecule has 3 nitrogen and oxygen atoms in total. The van der Waals surface area contributed by atoms with E-state index in [4.69, 9.17) is 0 Å². The third-order valence-electron chi connectivity index (χ3n) is 2.06. The van der Waals surface area contributed by atoms with Crippen LogP contribution in [0.15, 0.2) is 0 Å². The van der Waals surface area contributed by atoms with Crippen molar-refractivity contribution in [3.63, 3.8) is 0 Å². The highest BCUT2D eigenvalue weighted by molar-refractivity contribution is 8.13. The van der Waals surface area contributed by atoms with E-state index in [-0.39, 0.29) is 11.1 Å². The van der Waals surface area contributed by atoms with Gasteiger partial charge in [0.1, 0.15) is 0 Å². The number of rotatable bonds is 1. The minimum Gasteiger partial charge on any atom is -0.274 e. The molecule has 0 atom stereocenters. The molecular formula is C9H15NO2S. The van der Waals surface area contributed by atoms with Gasteiger partial charge in [0.05, 0.1) is 0 Å². The van der Waals surface area contributed by atoms with Crippen molar-refractivity contribution in [1.82, 2.24) is 4.90 Å². The van der Waals surface area contributed by atoms with Crippen molar-refractivity contribution in [1.29, 1.82) is 0 Å². The van der Waals surface area contributed by atoms with Crippen LogP contribution in [0.2, 0.25) is 0 Å². The van der Waals surface area contributed by atoms with Crippen LogP contribution in [-0.2, 0) is 4.79 Å². The Balaban J connectivity index is 2.53. The molecule has 0 aromatic rings. The van der Waals surface area contributed by atoms with Crippen molar-refractivity contribution in [2.45, 2.75) is 32.6 Å². The summed E-state index contributed by atoms with van der Waals surface area (Å²) in [6.07, 6.45) is 3.49. The van der Waals surface area contributed by atoms with Gasteiger partial charge >= 0.3 is 0 Å². The Morgan fingerprint density at radius 3 is 2.92 bits per heavy atom. The highest BCUT2D eigenvalue weighted by Gasteiger charge is 2.22. The molecule has 1 aliphatic rings. The quantitative estimate of drug-likeness (QED) is 0.653. The topological polar surface area (TPSA) is 37.4 Å². The summed E-state index contributed by atoms with van der Waals surface area (Å²) >= 11 is 1.22. The Morgan fingerprint density at radius 1 is 1.46 bits per heavy atom. The lowest BCUT2D eigenvalue weighted by molar-refractivity contribution is -0.127. The van der Waals surface area contributed by atoms with E-state index in [1.54, 1.807) is 0 Å². The maximum absolute atomic E-state index is 11.4. The fraction of sp³-hybridized carbons (Fsp3) is 0.778. The zero-order valence-corrected chi connectivity index (χ0v) is 8.73. The summed E-state index contributed by atoms with van der Waals surface area (Å²) in [6.45, 7) is 2.54. The van der Waals surface area contributed by atoms with Crippen LogP contribution in [-0.4, -0.2) is 28.3 Å². The summed E-state index contributed by atoms with van der Waals surface area (Å²) < 4.78 is 0. The molecule has 0 aromatic carbocycles. The van der Waals surface area contributed by atoms with E-state index >= 15 is 0 Å². The van der Waals surface area contributed by atoms with E-state index < -0.39 is 0 Å². The van der Waals surface area contributed by atoms with Crippen LogP contribution in [0.25, 0.3) is 0 Å². The van der Waals surface area contributed by atoms with Crippen molar-refractivity contribution in [3.8, 4) is 0 Å². The van der Waals surface area contributed by atoms with Gasteiger partial charge in [0.15, 0.2) is 0 Å². The molecule has 0 spiro atoms. The molecule has 13 heavy (non-hydrogen) atoms. The molecule has 0 aliphatic carbocycles. The van der Waals surface area contributed by atoms with E-state index in [2.05, 4.69) is 0 Å². The highest BCUT2D eigenvalue weighted by Crippen LogP contribution is 2.16. The van der Waals surface area contributed by atoms with Gasteiger partial charge in [-0.2, -0.15) is 0 Å². The van der Waals surface area contributed by atoms with Gasteiger partial charge in [-0.15, -0.1) is 0 Å². The lowest BCUT2D eigenvalue weighted by Gasteiger charge is -2.16. The molecule has 74 valence electrons. The predicted octanol–water partition coefficient (Wildman–Crippen LogP) is 2.26. The third-order valence-corrected chi connectivity index (χ3v) is 2.82. The molecule has 0 saturated carbocycles. The largest absolute Gasteiger partial charge is 0.288 e. The fourth-order valence-electron chi connectivity index (χ4n) is 1.38. The molecule has 2 amide bonds. The molecular weight excluding hydrogens is 186 g/mol. The number of likely N-dealkylation sites (tertiary alicyclic amines) is 1. The number of hydrogen-bond donors (Lipinski definition) is 0. The first-order valence-electron chi connectivity index (χ1n) is 4.73. The SMILES string of the molecule is CCSC(=O)N1CCCCCC1=O. The van der Waals surface area contributed by atoms with Crippen molar-refractivity contribution in [3.05, 3.63) is 0 Å². The molecule has 1 rings (SSSR count). The standard InChI is InChI=1S/C9H15NO2S/c1-2-13-9(12)10-7-5-3-4-6-8(10)11/h2-7H2,1H3. The Labute approximate surface area is 82.9 Å². The smallest absolute Gasteiger partial charge is 0.274 e. The van der Waals surface area contributed by atoms with Gasteiger partial charge in [0, 0.05) is 13.0 Å². The maximum atomic E-state index is 11.4. The number of thioether (sulfide) groups is 1. The zero-order valence-electron chi connectivity index (χ0n) is 7.91. The van der Waals surface area contributed by atoms with Crippen molar-refractivity contribution < 1.29 is 9.59 Å². The number of imide groups is 1. The molecule has 0 aromatic heterocycles. The first-order chi connectivity index (χ1) is 6.25. The number of nitrogens with zero attached hydrogens (tertiary/aromatic N) is 1. The minimum atomic E-state index is -0.0746. The van der Waals surface area contributed by atoms with Gasteiger partial charge < -0.3 is 0 Å². The normalized spacial score (nSPS) is 18.5. The monoisotopic (exact) mass is 201 g/mol. The second-order valence-corrected chi connectivity index (χ2v) is 4.27. The molecule has 1 aliphatic heterocycles. The Kier molecular flexibility index (Phi) is 4.28. The molecule has 0 bridgehead atoms. The molecule has 0 unspecified atom stereocenters. The lowest BCUT2D eigenvalue weighted by Crippen LogP contribution is -2.33. The van der Waals surface area contributed by atoms with Crippen molar-refractivity contribution >= 4 is 22.9 Å². The minimum absolute atomic E-state index is 0.00319. The molecule has 1 heterocycles. The van der Waals surface area contributed by atoms with Crippen LogP contribution in [0.1, 0.15) is 32.6 Å². The Morgan fingerprint density at radius 2 is 2.23 bits per heavy atom. The first-order valence-corrected chi connectivity index (χ1v) is 5.71. The van der Waals surface area contributed by atoms with Gasteiger partial charge in [0.2, 0.25) is 5.91 Å². The summed E-state index contributed by atoms with van der Waals surface area (Å²) in [5.74, 6) is 0.742. The average Bonchev–Trinajstić information content (AvgIpc) is 2.30. The van der Waals surface area contributed by atoms with Crippen molar-refractivity contribution in [2.75, 3.05) is 12.3 Å². The summed E-state index contributed by atoms with van der Waals surface area (Å²) in [5.41, 5.74) is 0. The predicted molar refractivity (Wildman–Crippen MR) is 53.7 cm³/mol. The maximum Gasteiger partial charge on any atom is 0.288 e. The van der Waals surface area contributed by atoms with E-state index in [1.807, 2.05) is 6.92 Å². The highest BCUT2D eigenvalue weighted by atomic mass is 32.2. The van der Waals surface area contributed by atoms with Crippen LogP contribution in [0.5, 0.6) is 0 Å². The number of hydrogen-bond acceptors (Lipinski definition) is 3. The summed E-state index contributed by atoms with van der Waals surface area (Å²) in [4.78, 5) is 24.3. The van der Waals surface area contributed by atoms with Crippen LogP contribution < -0.4 is 0 Å². The molecule has 1 fully saturated rings. The second kappa shape index (κ2) is 5.27. The van der Waals surface area contributed by atoms with E-state index in [0.29, 0.717) is 13.0 Å².